The second-order valence-corrected chi connectivity index (χ2v) is 4.57. The number of nitrogens with zero attached hydrogens (tertiary/aromatic N) is 2. The molecule has 0 saturated carbocycles. The lowest BCUT2D eigenvalue weighted by Gasteiger charge is -2.01. The summed E-state index contributed by atoms with van der Waals surface area (Å²) < 4.78 is 0. The van der Waals surface area contributed by atoms with Crippen LogP contribution in [0.3, 0.4) is 0 Å². The van der Waals surface area contributed by atoms with Gasteiger partial charge < -0.3 is 0 Å². The van der Waals surface area contributed by atoms with E-state index in [1.165, 1.54) is 17.7 Å². The molecule has 0 radical (unpaired) electrons. The van der Waals surface area contributed by atoms with Gasteiger partial charge in [-0.15, -0.1) is 0 Å². The van der Waals surface area contributed by atoms with Gasteiger partial charge in [0.25, 0.3) is 5.69 Å². The zero-order valence-corrected chi connectivity index (χ0v) is 11.6. The maximum absolute atomic E-state index is 10.6. The van der Waals surface area contributed by atoms with Crippen molar-refractivity contribution in [3.8, 4) is 6.07 Å². The van der Waals surface area contributed by atoms with Crippen LogP contribution in [0.25, 0.3) is 11.6 Å². The second-order valence-electron chi connectivity index (χ2n) is 4.57. The Hall–Kier alpha value is -2.93. The minimum absolute atomic E-state index is 0.0170. The Bertz CT molecular complexity index is 708. The number of allylic oxidation sites excluding steroid dienone is 1. The monoisotopic (exact) mass is 278 g/mol. The predicted octanol–water partition coefficient (Wildman–Crippen LogP) is 4.22. The highest BCUT2D eigenvalue weighted by molar-refractivity contribution is 5.89. The van der Waals surface area contributed by atoms with Gasteiger partial charge in [0.1, 0.15) is 0 Å². The number of aryl methyl sites for hydroxylation is 1. The molecule has 4 heteroatoms. The smallest absolute Gasteiger partial charge is 0.258 e. The summed E-state index contributed by atoms with van der Waals surface area (Å²) in [4.78, 5) is 10.2. The standard InChI is InChI=1S/C17H14N2O2/c1-2-13-3-5-14(6-4-13)11-16(12-18)15-7-9-17(10-8-15)19(20)21/h3-11H,2H2,1H3. The van der Waals surface area contributed by atoms with Crippen LogP contribution in [0.5, 0.6) is 0 Å². The van der Waals surface area contributed by atoms with Crippen molar-refractivity contribution in [2.75, 3.05) is 0 Å². The van der Waals surface area contributed by atoms with Gasteiger partial charge in [-0.05, 0) is 41.3 Å². The number of nitriles is 1. The Morgan fingerprint density at radius 1 is 1.19 bits per heavy atom. The molecule has 21 heavy (non-hydrogen) atoms. The first kappa shape index (κ1) is 14.5. The summed E-state index contributed by atoms with van der Waals surface area (Å²) in [5, 5.41) is 19.9. The fourth-order valence-electron chi connectivity index (χ4n) is 1.96. The third-order valence-electron chi connectivity index (χ3n) is 3.21. The van der Waals surface area contributed by atoms with Crippen LogP contribution in [0.4, 0.5) is 5.69 Å². The lowest BCUT2D eigenvalue weighted by atomic mass is 10.0. The van der Waals surface area contributed by atoms with Crippen LogP contribution < -0.4 is 0 Å². The Morgan fingerprint density at radius 3 is 2.29 bits per heavy atom. The predicted molar refractivity (Wildman–Crippen MR) is 82.4 cm³/mol. The van der Waals surface area contributed by atoms with Crippen molar-refractivity contribution in [2.24, 2.45) is 0 Å². The zero-order valence-electron chi connectivity index (χ0n) is 11.6. The normalized spacial score (nSPS) is 11.0. The van der Waals surface area contributed by atoms with Crippen molar-refractivity contribution in [2.45, 2.75) is 13.3 Å². The van der Waals surface area contributed by atoms with E-state index in [1.54, 1.807) is 18.2 Å². The Kier molecular flexibility index (Phi) is 4.47. The summed E-state index contributed by atoms with van der Waals surface area (Å²) in [7, 11) is 0. The molecule has 0 fully saturated rings. The van der Waals surface area contributed by atoms with Gasteiger partial charge in [-0.1, -0.05) is 31.2 Å². The maximum atomic E-state index is 10.6. The van der Waals surface area contributed by atoms with E-state index in [9.17, 15) is 15.4 Å². The van der Waals surface area contributed by atoms with Crippen LogP contribution in [0, 0.1) is 21.4 Å². The molecule has 2 aromatic carbocycles. The number of hydrogen-bond donors (Lipinski definition) is 0. The minimum Gasteiger partial charge on any atom is -0.258 e. The molecule has 2 aromatic rings. The number of nitro groups is 1. The Labute approximate surface area is 123 Å². The molecule has 0 atom stereocenters. The first-order valence-corrected chi connectivity index (χ1v) is 6.59. The van der Waals surface area contributed by atoms with Crippen LogP contribution in [0.2, 0.25) is 0 Å². The van der Waals surface area contributed by atoms with Crippen molar-refractivity contribution >= 4 is 17.3 Å². The molecule has 0 aromatic heterocycles. The summed E-state index contributed by atoms with van der Waals surface area (Å²) in [6.45, 7) is 2.09. The van der Waals surface area contributed by atoms with Gasteiger partial charge in [0.2, 0.25) is 0 Å². The highest BCUT2D eigenvalue weighted by atomic mass is 16.6. The SMILES string of the molecule is CCc1ccc(C=C(C#N)c2ccc([N+](=O)[O-])cc2)cc1. The van der Waals surface area contributed by atoms with Crippen LogP contribution in [-0.2, 0) is 6.42 Å². The molecule has 0 bridgehead atoms. The lowest BCUT2D eigenvalue weighted by molar-refractivity contribution is -0.384. The highest BCUT2D eigenvalue weighted by Crippen LogP contribution is 2.21. The van der Waals surface area contributed by atoms with Gasteiger partial charge in [0.15, 0.2) is 0 Å². The maximum Gasteiger partial charge on any atom is 0.269 e. The van der Waals surface area contributed by atoms with Crippen molar-refractivity contribution in [1.29, 1.82) is 5.26 Å². The first-order valence-electron chi connectivity index (χ1n) is 6.59. The minimum atomic E-state index is -0.455. The van der Waals surface area contributed by atoms with Gasteiger partial charge in [-0.25, -0.2) is 0 Å². The largest absolute Gasteiger partial charge is 0.269 e. The first-order chi connectivity index (χ1) is 10.1. The van der Waals surface area contributed by atoms with Crippen molar-refractivity contribution in [3.05, 3.63) is 75.3 Å². The van der Waals surface area contributed by atoms with Crippen LogP contribution >= 0.6 is 0 Å². The van der Waals surface area contributed by atoms with Gasteiger partial charge in [-0.3, -0.25) is 10.1 Å². The molecule has 104 valence electrons. The molecule has 0 unspecified atom stereocenters. The van der Waals surface area contributed by atoms with Crippen LogP contribution in [-0.4, -0.2) is 4.92 Å². The lowest BCUT2D eigenvalue weighted by Crippen LogP contribution is -1.88. The summed E-state index contributed by atoms with van der Waals surface area (Å²) in [5.41, 5.74) is 3.34. The van der Waals surface area contributed by atoms with Gasteiger partial charge in [0.05, 0.1) is 16.6 Å². The molecule has 2 rings (SSSR count). The van der Waals surface area contributed by atoms with E-state index in [4.69, 9.17) is 0 Å². The number of hydrogen-bond acceptors (Lipinski definition) is 3. The van der Waals surface area contributed by atoms with Gasteiger partial charge in [-0.2, -0.15) is 5.26 Å². The molecule has 4 nitrogen and oxygen atoms in total. The second kappa shape index (κ2) is 6.49. The fourth-order valence-corrected chi connectivity index (χ4v) is 1.96. The molecule has 0 saturated heterocycles. The average Bonchev–Trinajstić information content (AvgIpc) is 2.53. The average molecular weight is 278 g/mol. The van der Waals surface area contributed by atoms with Crippen molar-refractivity contribution < 1.29 is 4.92 Å². The summed E-state index contributed by atoms with van der Waals surface area (Å²) in [6, 6.07) is 16.1. The van der Waals surface area contributed by atoms with E-state index in [1.807, 2.05) is 24.3 Å². The Morgan fingerprint density at radius 2 is 1.81 bits per heavy atom. The number of nitro benzene ring substituents is 1. The summed E-state index contributed by atoms with van der Waals surface area (Å²) in [5.74, 6) is 0. The molecule has 0 heterocycles. The quantitative estimate of drug-likeness (QED) is 0.364. The number of benzene rings is 2. The summed E-state index contributed by atoms with van der Waals surface area (Å²) in [6.07, 6.45) is 2.75. The molecule has 0 aliphatic rings. The van der Waals surface area contributed by atoms with E-state index in [0.29, 0.717) is 11.1 Å². The van der Waals surface area contributed by atoms with E-state index < -0.39 is 4.92 Å². The summed E-state index contributed by atoms with van der Waals surface area (Å²) >= 11 is 0. The van der Waals surface area contributed by atoms with Gasteiger partial charge >= 0.3 is 0 Å². The van der Waals surface area contributed by atoms with Crippen molar-refractivity contribution in [1.82, 2.24) is 0 Å². The molecule has 0 N–H and O–H groups in total. The third-order valence-corrected chi connectivity index (χ3v) is 3.21. The fraction of sp³-hybridized carbons (Fsp3) is 0.118. The molecule has 0 aliphatic carbocycles. The topological polar surface area (TPSA) is 66.9 Å². The highest BCUT2D eigenvalue weighted by Gasteiger charge is 2.06. The van der Waals surface area contributed by atoms with E-state index in [2.05, 4.69) is 13.0 Å². The molecule has 0 amide bonds. The van der Waals surface area contributed by atoms with E-state index >= 15 is 0 Å². The Balaban J connectivity index is 2.31. The van der Waals surface area contributed by atoms with Crippen LogP contribution in [0.1, 0.15) is 23.6 Å². The number of non-ortho nitro benzene ring substituents is 1. The molecular formula is C17H14N2O2. The molecule has 0 spiro atoms. The third kappa shape index (κ3) is 3.54. The van der Waals surface area contributed by atoms with Crippen molar-refractivity contribution in [3.63, 3.8) is 0 Å². The van der Waals surface area contributed by atoms with E-state index in [0.717, 1.165) is 12.0 Å². The molecular weight excluding hydrogens is 264 g/mol. The van der Waals surface area contributed by atoms with E-state index in [-0.39, 0.29) is 5.69 Å². The number of rotatable bonds is 4. The van der Waals surface area contributed by atoms with Crippen LogP contribution in [0.15, 0.2) is 48.5 Å². The van der Waals surface area contributed by atoms with Gasteiger partial charge in [0, 0.05) is 12.1 Å². The molecule has 0 aliphatic heterocycles. The zero-order chi connectivity index (χ0) is 15.2.